The van der Waals surface area contributed by atoms with E-state index in [1.165, 1.54) is 28.0 Å². The lowest BCUT2D eigenvalue weighted by atomic mass is 9.95. The van der Waals surface area contributed by atoms with Gasteiger partial charge in [0.15, 0.2) is 4.34 Å². The fraction of sp³-hybridized carbons (Fsp3) is 0.143. The van der Waals surface area contributed by atoms with Gasteiger partial charge in [-0.05, 0) is 72.1 Å². The number of thioether (sulfide) groups is 1. The lowest BCUT2D eigenvalue weighted by molar-refractivity contribution is -0.132. The molecule has 1 amide bonds. The number of nitrogens with zero attached hydrogens (tertiary/aromatic N) is 3. The number of carbonyl (C=O) groups is 2. The van der Waals surface area contributed by atoms with Gasteiger partial charge in [-0.1, -0.05) is 89.3 Å². The molecule has 1 saturated heterocycles. The summed E-state index contributed by atoms with van der Waals surface area (Å²) in [4.78, 5) is 28.7. The second-order valence-corrected chi connectivity index (χ2v) is 12.9. The molecule has 6 rings (SSSR count). The number of hydrogen-bond acceptors (Lipinski definition) is 9. The van der Waals surface area contributed by atoms with Gasteiger partial charge in [-0.3, -0.25) is 14.5 Å². The van der Waals surface area contributed by atoms with Crippen molar-refractivity contribution in [3.63, 3.8) is 0 Å². The van der Waals surface area contributed by atoms with Crippen molar-refractivity contribution in [2.75, 3.05) is 11.5 Å². The molecule has 1 aliphatic rings. The number of aromatic nitrogens is 2. The number of aliphatic hydroxyl groups excluding tert-OH is 1. The first-order valence-electron chi connectivity index (χ1n) is 14.4. The fourth-order valence-corrected chi connectivity index (χ4v) is 6.93. The minimum atomic E-state index is -0.978. The Morgan fingerprint density at radius 3 is 2.39 bits per heavy atom. The van der Waals surface area contributed by atoms with Crippen LogP contribution in [0.15, 0.2) is 113 Å². The van der Waals surface area contributed by atoms with Crippen LogP contribution in [-0.2, 0) is 21.9 Å². The highest BCUT2D eigenvalue weighted by atomic mass is 35.5. The summed E-state index contributed by atoms with van der Waals surface area (Å²) in [6.07, 6.45) is 0. The maximum absolute atomic E-state index is 13.7. The Labute approximate surface area is 279 Å². The van der Waals surface area contributed by atoms with Gasteiger partial charge in [-0.2, -0.15) is 0 Å². The van der Waals surface area contributed by atoms with E-state index in [-0.39, 0.29) is 16.5 Å². The Hall–Kier alpha value is -4.64. The first kappa shape index (κ1) is 31.3. The van der Waals surface area contributed by atoms with E-state index in [1.807, 2.05) is 67.6 Å². The second kappa shape index (κ2) is 14.2. The van der Waals surface area contributed by atoms with Gasteiger partial charge < -0.3 is 14.6 Å². The van der Waals surface area contributed by atoms with Crippen LogP contribution >= 0.6 is 34.7 Å². The highest BCUT2D eigenvalue weighted by molar-refractivity contribution is 8.00. The Morgan fingerprint density at radius 1 is 0.891 bits per heavy atom. The molecule has 46 heavy (non-hydrogen) atoms. The Balaban J connectivity index is 1.36. The highest BCUT2D eigenvalue weighted by Gasteiger charge is 2.48. The molecule has 232 valence electrons. The molecule has 1 fully saturated rings. The minimum absolute atomic E-state index is 0.0556. The van der Waals surface area contributed by atoms with Gasteiger partial charge in [0, 0.05) is 16.3 Å². The summed E-state index contributed by atoms with van der Waals surface area (Å²) in [5, 5.41) is 21.1. The topological polar surface area (TPSA) is 102 Å². The number of ether oxygens (including phenoxy) is 2. The predicted octanol–water partition coefficient (Wildman–Crippen LogP) is 8.09. The molecule has 0 saturated carbocycles. The molecule has 1 aliphatic heterocycles. The van der Waals surface area contributed by atoms with Gasteiger partial charge in [-0.15, -0.1) is 10.2 Å². The number of rotatable bonds is 11. The number of aliphatic hydroxyl groups is 1. The molecule has 5 aromatic rings. The molecule has 0 bridgehead atoms. The lowest BCUT2D eigenvalue weighted by Gasteiger charge is -2.23. The molecule has 4 aromatic carbocycles. The van der Waals surface area contributed by atoms with Gasteiger partial charge >= 0.3 is 5.91 Å². The quantitative estimate of drug-likeness (QED) is 0.0495. The average Bonchev–Trinajstić information content (AvgIpc) is 3.66. The predicted molar refractivity (Wildman–Crippen MR) is 181 cm³/mol. The molecule has 8 nitrogen and oxygen atoms in total. The summed E-state index contributed by atoms with van der Waals surface area (Å²) in [5.74, 6) is -0.143. The third-order valence-corrected chi connectivity index (χ3v) is 9.56. The summed E-state index contributed by atoms with van der Waals surface area (Å²) in [7, 11) is 0. The van der Waals surface area contributed by atoms with E-state index in [9.17, 15) is 14.7 Å². The van der Waals surface area contributed by atoms with Crippen LogP contribution in [0.4, 0.5) is 5.13 Å². The number of carbonyl (C=O) groups excluding carboxylic acids is 2. The molecule has 1 unspecified atom stereocenters. The smallest absolute Gasteiger partial charge is 0.301 e. The van der Waals surface area contributed by atoms with Crippen LogP contribution in [-0.4, -0.2) is 33.6 Å². The first-order chi connectivity index (χ1) is 22.4. The zero-order chi connectivity index (χ0) is 32.0. The number of halogens is 1. The Kier molecular flexibility index (Phi) is 9.68. The lowest BCUT2D eigenvalue weighted by Crippen LogP contribution is -2.29. The fourth-order valence-electron chi connectivity index (χ4n) is 4.98. The van der Waals surface area contributed by atoms with E-state index >= 15 is 0 Å². The van der Waals surface area contributed by atoms with E-state index in [1.54, 1.807) is 42.5 Å². The maximum Gasteiger partial charge on any atom is 0.301 e. The molecular formula is C35H28ClN3O5S2. The molecule has 0 aliphatic carbocycles. The van der Waals surface area contributed by atoms with Crippen LogP contribution in [0, 0.1) is 0 Å². The van der Waals surface area contributed by atoms with Crippen LogP contribution in [0.1, 0.15) is 35.2 Å². The largest absolute Gasteiger partial charge is 0.507 e. The number of ketones is 1. The van der Waals surface area contributed by atoms with Crippen molar-refractivity contribution < 1.29 is 24.2 Å². The zero-order valence-electron chi connectivity index (χ0n) is 24.6. The molecule has 1 atom stereocenters. The summed E-state index contributed by atoms with van der Waals surface area (Å²) >= 11 is 8.68. The van der Waals surface area contributed by atoms with Crippen LogP contribution in [0.5, 0.6) is 11.5 Å². The maximum atomic E-state index is 13.7. The van der Waals surface area contributed by atoms with Gasteiger partial charge in [0.25, 0.3) is 5.78 Å². The van der Waals surface area contributed by atoms with Crippen molar-refractivity contribution in [2.45, 2.75) is 29.7 Å². The van der Waals surface area contributed by atoms with E-state index in [4.69, 9.17) is 21.1 Å². The molecule has 0 radical (unpaired) electrons. The normalized spacial score (nSPS) is 15.7. The monoisotopic (exact) mass is 669 g/mol. The Morgan fingerprint density at radius 2 is 1.65 bits per heavy atom. The second-order valence-electron chi connectivity index (χ2n) is 10.2. The molecular weight excluding hydrogens is 642 g/mol. The zero-order valence-corrected chi connectivity index (χ0v) is 27.0. The highest BCUT2D eigenvalue weighted by Crippen LogP contribution is 2.44. The number of anilines is 1. The van der Waals surface area contributed by atoms with Crippen LogP contribution in [0.3, 0.4) is 0 Å². The van der Waals surface area contributed by atoms with Crippen molar-refractivity contribution in [1.82, 2.24) is 10.2 Å². The Bertz CT molecular complexity index is 1880. The molecule has 11 heteroatoms. The summed E-state index contributed by atoms with van der Waals surface area (Å²) in [6, 6.07) is 30.2. The van der Waals surface area contributed by atoms with Gasteiger partial charge in [0.05, 0.1) is 18.2 Å². The van der Waals surface area contributed by atoms with Crippen molar-refractivity contribution in [3.05, 3.63) is 136 Å². The molecule has 2 heterocycles. The first-order valence-corrected chi connectivity index (χ1v) is 16.6. The van der Waals surface area contributed by atoms with Gasteiger partial charge in [0.1, 0.15) is 23.9 Å². The van der Waals surface area contributed by atoms with Crippen molar-refractivity contribution in [3.8, 4) is 11.5 Å². The van der Waals surface area contributed by atoms with Crippen molar-refractivity contribution in [1.29, 1.82) is 0 Å². The van der Waals surface area contributed by atoms with Crippen LogP contribution in [0.25, 0.3) is 5.76 Å². The summed E-state index contributed by atoms with van der Waals surface area (Å²) in [5.41, 5.74) is 2.93. The summed E-state index contributed by atoms with van der Waals surface area (Å²) < 4.78 is 12.2. The van der Waals surface area contributed by atoms with E-state index < -0.39 is 17.7 Å². The number of Topliss-reactive ketones (excluding diaryl/α,β-unsaturated/α-hetero) is 1. The van der Waals surface area contributed by atoms with E-state index in [0.717, 1.165) is 11.1 Å². The van der Waals surface area contributed by atoms with E-state index in [2.05, 4.69) is 10.2 Å². The van der Waals surface area contributed by atoms with Crippen molar-refractivity contribution >= 4 is 57.3 Å². The molecule has 0 spiro atoms. The number of amides is 1. The third-order valence-electron chi connectivity index (χ3n) is 7.18. The van der Waals surface area contributed by atoms with Crippen LogP contribution < -0.4 is 14.4 Å². The average molecular weight is 670 g/mol. The number of hydrogen-bond donors (Lipinski definition) is 1. The number of benzene rings is 4. The van der Waals surface area contributed by atoms with E-state index in [0.29, 0.717) is 51.0 Å². The standard InChI is InChI=1S/C35H28ClN3O5S2/c1-2-43-27-17-13-24(14-18-27)31(40)29-30(25-9-6-10-28(19-25)44-20-22-7-4-3-5-8-22)39(33(42)32(29)41)34-37-38-35(46-34)45-21-23-11-15-26(36)16-12-23/h3-19,30,40H,2,20-21H2,1H3/b31-29+. The van der Waals surface area contributed by atoms with Crippen molar-refractivity contribution in [2.24, 2.45) is 0 Å². The molecule has 1 N–H and O–H groups in total. The van der Waals surface area contributed by atoms with Crippen LogP contribution in [0.2, 0.25) is 5.02 Å². The minimum Gasteiger partial charge on any atom is -0.507 e. The summed E-state index contributed by atoms with van der Waals surface area (Å²) in [6.45, 7) is 2.70. The SMILES string of the molecule is CCOc1ccc(/C(O)=C2\C(=O)C(=O)N(c3nnc(SCc4ccc(Cl)cc4)s3)C2c2cccc(OCc3ccccc3)c2)cc1. The van der Waals surface area contributed by atoms with Gasteiger partial charge in [0.2, 0.25) is 5.13 Å². The third kappa shape index (κ3) is 6.94. The van der Waals surface area contributed by atoms with Gasteiger partial charge in [-0.25, -0.2) is 0 Å². The molecule has 1 aromatic heterocycles.